The molecular weight excluding hydrogens is 240 g/mol. The Bertz CT molecular complexity index is 509. The highest BCUT2D eigenvalue weighted by atomic mass is 32.2. The van der Waals surface area contributed by atoms with Crippen LogP contribution in [0, 0.1) is 0 Å². The van der Waals surface area contributed by atoms with E-state index in [0.717, 1.165) is 12.8 Å². The maximum atomic E-state index is 12.0. The fourth-order valence-corrected chi connectivity index (χ4v) is 2.93. The smallest absolute Gasteiger partial charge is 0.240 e. The van der Waals surface area contributed by atoms with Crippen LogP contribution in [0.25, 0.3) is 0 Å². The van der Waals surface area contributed by atoms with E-state index in [1.807, 2.05) is 0 Å². The molecule has 1 aromatic carbocycles. The zero-order valence-electron chi connectivity index (χ0n) is 9.64. The molecule has 94 valence electrons. The van der Waals surface area contributed by atoms with E-state index in [0.29, 0.717) is 11.3 Å². The van der Waals surface area contributed by atoms with Crippen LogP contribution in [0.5, 0.6) is 5.75 Å². The Morgan fingerprint density at radius 1 is 1.47 bits per heavy atom. The van der Waals surface area contributed by atoms with Gasteiger partial charge in [-0.25, -0.2) is 13.1 Å². The fraction of sp³-hybridized carbons (Fsp3) is 0.455. The molecule has 1 fully saturated rings. The number of sulfonamides is 1. The third-order valence-electron chi connectivity index (χ3n) is 2.68. The summed E-state index contributed by atoms with van der Waals surface area (Å²) in [6.07, 6.45) is 1.83. The summed E-state index contributed by atoms with van der Waals surface area (Å²) < 4.78 is 31.6. The molecule has 0 bridgehead atoms. The first kappa shape index (κ1) is 12.3. The number of benzene rings is 1. The summed E-state index contributed by atoms with van der Waals surface area (Å²) in [5.41, 5.74) is 6.24. The van der Waals surface area contributed by atoms with Crippen LogP contribution < -0.4 is 15.2 Å². The maximum Gasteiger partial charge on any atom is 0.240 e. The van der Waals surface area contributed by atoms with Crippen molar-refractivity contribution in [2.45, 2.75) is 30.3 Å². The summed E-state index contributed by atoms with van der Waals surface area (Å²) in [5.74, 6) is 0.609. The molecule has 1 aliphatic carbocycles. The Labute approximate surface area is 101 Å². The number of ether oxygens (including phenoxy) is 1. The number of nitrogens with two attached hydrogens (primary N) is 1. The van der Waals surface area contributed by atoms with Crippen molar-refractivity contribution in [3.05, 3.63) is 23.8 Å². The van der Waals surface area contributed by atoms with Crippen molar-refractivity contribution in [2.75, 3.05) is 7.11 Å². The second-order valence-corrected chi connectivity index (χ2v) is 5.79. The molecule has 0 saturated heterocycles. The molecule has 3 N–H and O–H groups in total. The molecule has 1 aliphatic rings. The van der Waals surface area contributed by atoms with E-state index in [2.05, 4.69) is 4.72 Å². The van der Waals surface area contributed by atoms with Crippen LogP contribution in [0.1, 0.15) is 18.4 Å². The van der Waals surface area contributed by atoms with Gasteiger partial charge in [0.1, 0.15) is 5.75 Å². The summed E-state index contributed by atoms with van der Waals surface area (Å²) in [6, 6.07) is 4.82. The van der Waals surface area contributed by atoms with Gasteiger partial charge in [-0.15, -0.1) is 0 Å². The van der Waals surface area contributed by atoms with Crippen LogP contribution in [0.2, 0.25) is 0 Å². The van der Waals surface area contributed by atoms with Gasteiger partial charge in [0.2, 0.25) is 10.0 Å². The van der Waals surface area contributed by atoms with Gasteiger partial charge in [-0.05, 0) is 31.0 Å². The molecule has 1 aromatic rings. The van der Waals surface area contributed by atoms with E-state index < -0.39 is 10.0 Å². The first-order valence-corrected chi connectivity index (χ1v) is 6.94. The van der Waals surface area contributed by atoms with Gasteiger partial charge in [0.15, 0.2) is 0 Å². The van der Waals surface area contributed by atoms with Gasteiger partial charge >= 0.3 is 0 Å². The average Bonchev–Trinajstić information content (AvgIpc) is 3.11. The third-order valence-corrected chi connectivity index (χ3v) is 4.20. The molecule has 17 heavy (non-hydrogen) atoms. The van der Waals surface area contributed by atoms with Crippen molar-refractivity contribution < 1.29 is 13.2 Å². The van der Waals surface area contributed by atoms with E-state index >= 15 is 0 Å². The Balaban J connectivity index is 2.31. The molecule has 2 rings (SSSR count). The topological polar surface area (TPSA) is 81.4 Å². The number of rotatable bonds is 5. The highest BCUT2D eigenvalue weighted by Gasteiger charge is 2.28. The van der Waals surface area contributed by atoms with Gasteiger partial charge in [-0.3, -0.25) is 0 Å². The highest BCUT2D eigenvalue weighted by Crippen LogP contribution is 2.25. The zero-order valence-corrected chi connectivity index (χ0v) is 10.5. The Morgan fingerprint density at radius 3 is 2.71 bits per heavy atom. The summed E-state index contributed by atoms with van der Waals surface area (Å²) in [5, 5.41) is 0. The lowest BCUT2D eigenvalue weighted by molar-refractivity contribution is 0.409. The summed E-state index contributed by atoms with van der Waals surface area (Å²) >= 11 is 0. The molecule has 0 spiro atoms. The van der Waals surface area contributed by atoms with Crippen molar-refractivity contribution in [2.24, 2.45) is 5.73 Å². The molecule has 0 radical (unpaired) electrons. The first-order valence-electron chi connectivity index (χ1n) is 5.46. The van der Waals surface area contributed by atoms with Crippen LogP contribution in [0.3, 0.4) is 0 Å². The first-order chi connectivity index (χ1) is 8.06. The van der Waals surface area contributed by atoms with E-state index in [1.165, 1.54) is 13.2 Å². The summed E-state index contributed by atoms with van der Waals surface area (Å²) in [4.78, 5) is 0.241. The van der Waals surface area contributed by atoms with Crippen LogP contribution >= 0.6 is 0 Å². The van der Waals surface area contributed by atoms with E-state index in [4.69, 9.17) is 10.5 Å². The minimum absolute atomic E-state index is 0.100. The highest BCUT2D eigenvalue weighted by molar-refractivity contribution is 7.89. The molecule has 0 unspecified atom stereocenters. The number of hydrogen-bond donors (Lipinski definition) is 2. The average molecular weight is 256 g/mol. The Morgan fingerprint density at radius 2 is 2.18 bits per heavy atom. The molecule has 6 heteroatoms. The molecule has 0 atom stereocenters. The van der Waals surface area contributed by atoms with Gasteiger partial charge in [-0.1, -0.05) is 0 Å². The summed E-state index contributed by atoms with van der Waals surface area (Å²) in [6.45, 7) is 0.246. The van der Waals surface area contributed by atoms with Crippen LogP contribution in [-0.2, 0) is 16.6 Å². The number of methoxy groups -OCH3 is 1. The number of hydrogen-bond acceptors (Lipinski definition) is 4. The number of nitrogens with one attached hydrogen (secondary N) is 1. The van der Waals surface area contributed by atoms with E-state index in [-0.39, 0.29) is 17.5 Å². The van der Waals surface area contributed by atoms with E-state index in [1.54, 1.807) is 12.1 Å². The second kappa shape index (κ2) is 4.64. The lowest BCUT2D eigenvalue weighted by atomic mass is 10.2. The molecule has 5 nitrogen and oxygen atoms in total. The molecule has 1 saturated carbocycles. The lowest BCUT2D eigenvalue weighted by Gasteiger charge is -2.10. The predicted molar refractivity (Wildman–Crippen MR) is 64.2 cm³/mol. The monoisotopic (exact) mass is 256 g/mol. The van der Waals surface area contributed by atoms with Crippen molar-refractivity contribution >= 4 is 10.0 Å². The normalized spacial score (nSPS) is 15.9. The standard InChI is InChI=1S/C11H16N2O3S/c1-16-11-5-4-10(6-8(11)7-12)17(14,15)13-9-2-3-9/h4-6,9,13H,2-3,7,12H2,1H3. The minimum Gasteiger partial charge on any atom is -0.496 e. The quantitative estimate of drug-likeness (QED) is 0.808. The SMILES string of the molecule is COc1ccc(S(=O)(=O)NC2CC2)cc1CN. The van der Waals surface area contributed by atoms with Crippen LogP contribution in [0.15, 0.2) is 23.1 Å². The van der Waals surface area contributed by atoms with Crippen molar-refractivity contribution in [1.29, 1.82) is 0 Å². The Kier molecular flexibility index (Phi) is 3.37. The molecule has 0 amide bonds. The molecular formula is C11H16N2O3S. The Hall–Kier alpha value is -1.11. The molecule has 0 aromatic heterocycles. The van der Waals surface area contributed by atoms with Crippen LogP contribution in [-0.4, -0.2) is 21.6 Å². The largest absolute Gasteiger partial charge is 0.496 e. The summed E-state index contributed by atoms with van der Waals surface area (Å²) in [7, 11) is -1.88. The zero-order chi connectivity index (χ0) is 12.5. The van der Waals surface area contributed by atoms with Crippen LogP contribution in [0.4, 0.5) is 0 Å². The predicted octanol–water partition coefficient (Wildman–Crippen LogP) is 0.595. The van der Waals surface area contributed by atoms with Crippen molar-refractivity contribution in [1.82, 2.24) is 4.72 Å². The third kappa shape index (κ3) is 2.77. The van der Waals surface area contributed by atoms with Crippen molar-refractivity contribution in [3.8, 4) is 5.75 Å². The van der Waals surface area contributed by atoms with Gasteiger partial charge in [0.05, 0.1) is 12.0 Å². The van der Waals surface area contributed by atoms with Crippen molar-refractivity contribution in [3.63, 3.8) is 0 Å². The van der Waals surface area contributed by atoms with Gasteiger partial charge < -0.3 is 10.5 Å². The van der Waals surface area contributed by atoms with Gasteiger partial charge in [0, 0.05) is 18.2 Å². The molecule has 0 aliphatic heterocycles. The van der Waals surface area contributed by atoms with E-state index in [9.17, 15) is 8.42 Å². The molecule has 0 heterocycles. The van der Waals surface area contributed by atoms with Gasteiger partial charge in [-0.2, -0.15) is 0 Å². The second-order valence-electron chi connectivity index (χ2n) is 4.07. The maximum absolute atomic E-state index is 12.0. The van der Waals surface area contributed by atoms with Gasteiger partial charge in [0.25, 0.3) is 0 Å². The minimum atomic E-state index is -3.42. The fourth-order valence-electron chi connectivity index (χ4n) is 1.57. The lowest BCUT2D eigenvalue weighted by Crippen LogP contribution is -2.25.